The molecule has 1 aromatic rings. The number of para-hydroxylation sites is 1. The van der Waals surface area contributed by atoms with Gasteiger partial charge in [-0.25, -0.2) is 0 Å². The molecule has 4 nitrogen and oxygen atoms in total. The van der Waals surface area contributed by atoms with Crippen molar-refractivity contribution in [2.75, 3.05) is 14.2 Å². The molecule has 1 rings (SSSR count). The molecule has 4 heteroatoms. The Hall–Kier alpha value is -1.71. The van der Waals surface area contributed by atoms with Gasteiger partial charge in [0.25, 0.3) is 0 Å². The Labute approximate surface area is 134 Å². The molecular weight excluding hydrogens is 278 g/mol. The molecule has 0 spiro atoms. The first-order valence-corrected chi connectivity index (χ1v) is 8.12. The zero-order chi connectivity index (χ0) is 16.5. The lowest BCUT2D eigenvalue weighted by molar-refractivity contribution is -0.134. The van der Waals surface area contributed by atoms with E-state index in [-0.39, 0.29) is 11.9 Å². The van der Waals surface area contributed by atoms with Crippen LogP contribution >= 0.6 is 0 Å². The monoisotopic (exact) mass is 307 g/mol. The molecule has 0 aromatic heterocycles. The van der Waals surface area contributed by atoms with E-state index >= 15 is 0 Å². The summed E-state index contributed by atoms with van der Waals surface area (Å²) in [5, 5.41) is 0. The number of nitrogens with zero attached hydrogens (tertiary/aromatic N) is 1. The van der Waals surface area contributed by atoms with E-state index in [1.54, 1.807) is 14.2 Å². The van der Waals surface area contributed by atoms with Gasteiger partial charge in [-0.05, 0) is 25.3 Å². The molecule has 0 radical (unpaired) electrons. The zero-order valence-corrected chi connectivity index (χ0v) is 14.5. The summed E-state index contributed by atoms with van der Waals surface area (Å²) in [7, 11) is 3.26. The van der Waals surface area contributed by atoms with E-state index in [0.29, 0.717) is 24.5 Å². The van der Waals surface area contributed by atoms with E-state index in [2.05, 4.69) is 13.8 Å². The Morgan fingerprint density at radius 3 is 2.32 bits per heavy atom. The van der Waals surface area contributed by atoms with Gasteiger partial charge in [-0.1, -0.05) is 32.9 Å². The third kappa shape index (κ3) is 4.39. The van der Waals surface area contributed by atoms with Crippen LogP contribution in [0.2, 0.25) is 0 Å². The van der Waals surface area contributed by atoms with Crippen LogP contribution in [0.15, 0.2) is 18.2 Å². The molecule has 0 aliphatic carbocycles. The summed E-state index contributed by atoms with van der Waals surface area (Å²) in [6.45, 7) is 6.85. The second kappa shape index (κ2) is 9.34. The second-order valence-electron chi connectivity index (χ2n) is 5.39. The van der Waals surface area contributed by atoms with E-state index in [1.165, 1.54) is 0 Å². The normalized spacial score (nSPS) is 10.6. The third-order valence-electron chi connectivity index (χ3n) is 3.99. The summed E-state index contributed by atoms with van der Waals surface area (Å²) in [5.41, 5.74) is 0.984. The molecule has 0 unspecified atom stereocenters. The van der Waals surface area contributed by atoms with E-state index in [9.17, 15) is 4.79 Å². The summed E-state index contributed by atoms with van der Waals surface area (Å²) in [5.74, 6) is 1.62. The molecule has 0 saturated carbocycles. The van der Waals surface area contributed by atoms with Crippen LogP contribution in [0.25, 0.3) is 0 Å². The Morgan fingerprint density at radius 1 is 1.14 bits per heavy atom. The first-order valence-electron chi connectivity index (χ1n) is 8.12. The van der Waals surface area contributed by atoms with Gasteiger partial charge in [-0.2, -0.15) is 0 Å². The summed E-state index contributed by atoms with van der Waals surface area (Å²) in [6, 6.07) is 6.06. The Balaban J connectivity index is 3.10. The van der Waals surface area contributed by atoms with E-state index in [0.717, 1.165) is 24.8 Å². The molecule has 1 amide bonds. The Bertz CT molecular complexity index is 469. The average Bonchev–Trinajstić information content (AvgIpc) is 2.54. The highest BCUT2D eigenvalue weighted by atomic mass is 16.5. The molecule has 0 fully saturated rings. The third-order valence-corrected chi connectivity index (χ3v) is 3.99. The molecule has 0 aliphatic heterocycles. The average molecular weight is 307 g/mol. The van der Waals surface area contributed by atoms with Crippen LogP contribution in [0.4, 0.5) is 0 Å². The van der Waals surface area contributed by atoms with E-state index in [1.807, 2.05) is 30.0 Å². The predicted molar refractivity (Wildman–Crippen MR) is 89.4 cm³/mol. The summed E-state index contributed by atoms with van der Waals surface area (Å²) in [4.78, 5) is 14.5. The van der Waals surface area contributed by atoms with E-state index < -0.39 is 0 Å². The van der Waals surface area contributed by atoms with Gasteiger partial charge in [0.2, 0.25) is 5.91 Å². The highest BCUT2D eigenvalue weighted by Crippen LogP contribution is 2.32. The van der Waals surface area contributed by atoms with Gasteiger partial charge in [0.05, 0.1) is 14.2 Å². The minimum atomic E-state index is 0.209. The van der Waals surface area contributed by atoms with Crippen LogP contribution < -0.4 is 9.47 Å². The number of rotatable bonds is 9. The highest BCUT2D eigenvalue weighted by molar-refractivity contribution is 5.76. The van der Waals surface area contributed by atoms with Crippen molar-refractivity contribution in [1.29, 1.82) is 0 Å². The predicted octanol–water partition coefficient (Wildman–Crippen LogP) is 4.02. The number of carbonyl (C=O) groups excluding carboxylic acids is 1. The molecule has 0 N–H and O–H groups in total. The van der Waals surface area contributed by atoms with Gasteiger partial charge >= 0.3 is 0 Å². The van der Waals surface area contributed by atoms with Gasteiger partial charge in [-0.3, -0.25) is 4.79 Å². The highest BCUT2D eigenvalue weighted by Gasteiger charge is 2.22. The van der Waals surface area contributed by atoms with Crippen LogP contribution in [0.5, 0.6) is 11.5 Å². The lowest BCUT2D eigenvalue weighted by Crippen LogP contribution is -2.39. The molecule has 0 atom stereocenters. The van der Waals surface area contributed by atoms with Crippen LogP contribution in [-0.4, -0.2) is 31.1 Å². The maximum Gasteiger partial charge on any atom is 0.223 e. The lowest BCUT2D eigenvalue weighted by Gasteiger charge is -2.31. The molecule has 0 aliphatic rings. The fraction of sp³-hybridized carbons (Fsp3) is 0.611. The van der Waals surface area contributed by atoms with Gasteiger partial charge in [0.15, 0.2) is 11.5 Å². The number of benzene rings is 1. The second-order valence-corrected chi connectivity index (χ2v) is 5.39. The van der Waals surface area contributed by atoms with Gasteiger partial charge in [0.1, 0.15) is 0 Å². The number of amides is 1. The molecule has 22 heavy (non-hydrogen) atoms. The van der Waals surface area contributed by atoms with Crippen molar-refractivity contribution in [1.82, 2.24) is 4.90 Å². The number of ether oxygens (including phenoxy) is 2. The molecule has 0 bridgehead atoms. The molecule has 0 heterocycles. The number of hydrogen-bond acceptors (Lipinski definition) is 3. The summed E-state index contributed by atoms with van der Waals surface area (Å²) in [6.07, 6.45) is 3.37. The van der Waals surface area contributed by atoms with Crippen molar-refractivity contribution in [3.8, 4) is 11.5 Å². The number of methoxy groups -OCH3 is 2. The minimum Gasteiger partial charge on any atom is -0.493 e. The lowest BCUT2D eigenvalue weighted by atomic mass is 10.1. The van der Waals surface area contributed by atoms with Gasteiger partial charge in [0, 0.05) is 24.6 Å². The number of carbonyl (C=O) groups is 1. The standard InChI is InChI=1S/C18H29NO3/c1-6-10-17(20)19(15(7-2)8-3)13-14-11-9-12-16(21-4)18(14)22-5/h9,11-12,15H,6-8,10,13H2,1-5H3. The van der Waals surface area contributed by atoms with Gasteiger partial charge < -0.3 is 14.4 Å². The largest absolute Gasteiger partial charge is 0.493 e. The smallest absolute Gasteiger partial charge is 0.223 e. The maximum absolute atomic E-state index is 12.5. The Morgan fingerprint density at radius 2 is 1.82 bits per heavy atom. The molecule has 0 saturated heterocycles. The summed E-state index contributed by atoms with van der Waals surface area (Å²) >= 11 is 0. The topological polar surface area (TPSA) is 38.8 Å². The van der Waals surface area contributed by atoms with Crippen LogP contribution in [-0.2, 0) is 11.3 Å². The Kier molecular flexibility index (Phi) is 7.78. The van der Waals surface area contributed by atoms with E-state index in [4.69, 9.17) is 9.47 Å². The van der Waals surface area contributed by atoms with Crippen molar-refractivity contribution in [3.63, 3.8) is 0 Å². The fourth-order valence-electron chi connectivity index (χ4n) is 2.77. The van der Waals surface area contributed by atoms with Crippen molar-refractivity contribution in [2.24, 2.45) is 0 Å². The SMILES string of the molecule is CCCC(=O)N(Cc1cccc(OC)c1OC)C(CC)CC. The molecular formula is C18H29NO3. The van der Waals surface area contributed by atoms with Crippen LogP contribution in [0.1, 0.15) is 52.0 Å². The quantitative estimate of drug-likeness (QED) is 0.691. The van der Waals surface area contributed by atoms with Crippen molar-refractivity contribution in [2.45, 2.75) is 59.0 Å². The molecule has 124 valence electrons. The van der Waals surface area contributed by atoms with Gasteiger partial charge in [-0.15, -0.1) is 0 Å². The van der Waals surface area contributed by atoms with Crippen LogP contribution in [0, 0.1) is 0 Å². The van der Waals surface area contributed by atoms with Crippen molar-refractivity contribution in [3.05, 3.63) is 23.8 Å². The first-order chi connectivity index (χ1) is 10.6. The van der Waals surface area contributed by atoms with Crippen LogP contribution in [0.3, 0.4) is 0 Å². The fourth-order valence-corrected chi connectivity index (χ4v) is 2.77. The minimum absolute atomic E-state index is 0.209. The zero-order valence-electron chi connectivity index (χ0n) is 14.5. The summed E-state index contributed by atoms with van der Waals surface area (Å²) < 4.78 is 10.8. The number of hydrogen-bond donors (Lipinski definition) is 0. The maximum atomic E-state index is 12.5. The van der Waals surface area contributed by atoms with Crippen molar-refractivity contribution >= 4 is 5.91 Å². The van der Waals surface area contributed by atoms with Crippen molar-refractivity contribution < 1.29 is 14.3 Å². The molecule has 1 aromatic carbocycles. The first kappa shape index (κ1) is 18.3.